The lowest BCUT2D eigenvalue weighted by Gasteiger charge is -1.86. The maximum absolute atomic E-state index is 3.38. The maximum atomic E-state index is 3.38. The molecule has 0 unspecified atom stereocenters. The van der Waals surface area contributed by atoms with Crippen LogP contribution in [-0.4, -0.2) is 0 Å². The number of hydrogen-bond acceptors (Lipinski definition) is 0. The summed E-state index contributed by atoms with van der Waals surface area (Å²) in [4.78, 5) is 0. The molecule has 0 spiro atoms. The highest BCUT2D eigenvalue weighted by molar-refractivity contribution is 5.08. The van der Waals surface area contributed by atoms with E-state index in [1.165, 1.54) is 36.8 Å². The highest BCUT2D eigenvalue weighted by Gasteiger charge is 2.04. The van der Waals surface area contributed by atoms with Crippen LogP contribution in [0.25, 0.3) is 0 Å². The highest BCUT2D eigenvalue weighted by atomic mass is 14.1. The Kier molecular flexibility index (Phi) is 2.13. The fourth-order valence-corrected chi connectivity index (χ4v) is 1.28. The van der Waals surface area contributed by atoms with Gasteiger partial charge < -0.3 is 0 Å². The van der Waals surface area contributed by atoms with Gasteiger partial charge in [-0.15, -0.1) is 5.73 Å². The van der Waals surface area contributed by atoms with Crippen LogP contribution < -0.4 is 0 Å². The molecule has 0 amide bonds. The zero-order valence-corrected chi connectivity index (χ0v) is 6.33. The Hall–Kier alpha value is -0.480. The average molecular weight is 122 g/mol. The SMILES string of the molecule is CC(C)=C=C1CCCC1. The fourth-order valence-electron chi connectivity index (χ4n) is 1.28. The summed E-state index contributed by atoms with van der Waals surface area (Å²) in [5, 5.41) is 0. The molecule has 1 rings (SSSR count). The van der Waals surface area contributed by atoms with Crippen LogP contribution in [0.4, 0.5) is 0 Å². The Labute approximate surface area is 57.3 Å². The maximum Gasteiger partial charge on any atom is -0.0244 e. The molecule has 0 heteroatoms. The molecule has 0 aromatic rings. The van der Waals surface area contributed by atoms with Crippen molar-refractivity contribution in [1.29, 1.82) is 0 Å². The second kappa shape index (κ2) is 2.89. The molecule has 1 aliphatic rings. The van der Waals surface area contributed by atoms with E-state index in [2.05, 4.69) is 19.6 Å². The normalized spacial score (nSPS) is 17.8. The van der Waals surface area contributed by atoms with Gasteiger partial charge in [0.1, 0.15) is 0 Å². The topological polar surface area (TPSA) is 0 Å². The molecule has 1 fully saturated rings. The third-order valence-electron chi connectivity index (χ3n) is 1.63. The van der Waals surface area contributed by atoms with E-state index in [0.717, 1.165) is 0 Å². The van der Waals surface area contributed by atoms with Crippen LogP contribution >= 0.6 is 0 Å². The van der Waals surface area contributed by atoms with Crippen molar-refractivity contribution in [3.05, 3.63) is 16.9 Å². The van der Waals surface area contributed by atoms with Gasteiger partial charge in [-0.05, 0) is 50.7 Å². The second-order valence-electron chi connectivity index (χ2n) is 2.94. The Morgan fingerprint density at radius 3 is 2.22 bits per heavy atom. The molecule has 9 heavy (non-hydrogen) atoms. The van der Waals surface area contributed by atoms with Crippen LogP contribution in [0.15, 0.2) is 16.9 Å². The number of hydrogen-bond donors (Lipinski definition) is 0. The van der Waals surface area contributed by atoms with Crippen LogP contribution in [0.5, 0.6) is 0 Å². The van der Waals surface area contributed by atoms with Crippen LogP contribution in [0.2, 0.25) is 0 Å². The molecule has 50 valence electrons. The molecule has 0 N–H and O–H groups in total. The van der Waals surface area contributed by atoms with Gasteiger partial charge in [-0.1, -0.05) is 0 Å². The van der Waals surface area contributed by atoms with Crippen LogP contribution in [0, 0.1) is 0 Å². The van der Waals surface area contributed by atoms with Crippen LogP contribution in [0.1, 0.15) is 39.5 Å². The molecule has 1 saturated carbocycles. The summed E-state index contributed by atoms with van der Waals surface area (Å²) in [6, 6.07) is 0. The molecule has 0 saturated heterocycles. The van der Waals surface area contributed by atoms with Crippen molar-refractivity contribution >= 4 is 0 Å². The smallest absolute Gasteiger partial charge is 0.0244 e. The summed E-state index contributed by atoms with van der Waals surface area (Å²) in [6.07, 6.45) is 5.36. The quantitative estimate of drug-likeness (QED) is 0.433. The molecule has 0 aromatic carbocycles. The molecule has 0 heterocycles. The highest BCUT2D eigenvalue weighted by Crippen LogP contribution is 2.22. The third-order valence-corrected chi connectivity index (χ3v) is 1.63. The molecular weight excluding hydrogens is 108 g/mol. The van der Waals surface area contributed by atoms with E-state index in [-0.39, 0.29) is 0 Å². The van der Waals surface area contributed by atoms with Gasteiger partial charge in [-0.3, -0.25) is 0 Å². The predicted molar refractivity (Wildman–Crippen MR) is 40.4 cm³/mol. The molecular formula is C9H14. The lowest BCUT2D eigenvalue weighted by molar-refractivity contribution is 0.886. The zero-order valence-electron chi connectivity index (χ0n) is 6.33. The number of allylic oxidation sites excluding steroid dienone is 1. The largest absolute Gasteiger partial charge is 0.123 e. The summed E-state index contributed by atoms with van der Waals surface area (Å²) in [5.74, 6) is 0. The van der Waals surface area contributed by atoms with E-state index >= 15 is 0 Å². The summed E-state index contributed by atoms with van der Waals surface area (Å²) in [7, 11) is 0. The van der Waals surface area contributed by atoms with Crippen molar-refractivity contribution < 1.29 is 0 Å². The molecule has 0 aromatic heterocycles. The summed E-state index contributed by atoms with van der Waals surface area (Å²) < 4.78 is 0. The average Bonchev–Trinajstić information content (AvgIpc) is 2.15. The minimum atomic E-state index is 1.30. The molecule has 0 nitrogen and oxygen atoms in total. The zero-order chi connectivity index (χ0) is 6.69. The van der Waals surface area contributed by atoms with E-state index in [1.807, 2.05) is 0 Å². The fraction of sp³-hybridized carbons (Fsp3) is 0.667. The Bertz CT molecular complexity index is 145. The summed E-state index contributed by atoms with van der Waals surface area (Å²) in [6.45, 7) is 4.23. The number of rotatable bonds is 0. The van der Waals surface area contributed by atoms with E-state index in [4.69, 9.17) is 0 Å². The van der Waals surface area contributed by atoms with E-state index in [1.54, 1.807) is 0 Å². The van der Waals surface area contributed by atoms with Gasteiger partial charge in [0, 0.05) is 0 Å². The standard InChI is InChI=1S/C9H14/c1-8(2)7-9-5-3-4-6-9/h3-6H2,1-2H3. The second-order valence-corrected chi connectivity index (χ2v) is 2.94. The van der Waals surface area contributed by atoms with Gasteiger partial charge in [0.15, 0.2) is 0 Å². The van der Waals surface area contributed by atoms with Gasteiger partial charge in [-0.25, -0.2) is 0 Å². The first-order chi connectivity index (χ1) is 4.29. The molecule has 0 atom stereocenters. The van der Waals surface area contributed by atoms with Crippen molar-refractivity contribution in [2.45, 2.75) is 39.5 Å². The van der Waals surface area contributed by atoms with Crippen molar-refractivity contribution in [3.8, 4) is 0 Å². The first kappa shape index (κ1) is 6.64. The third kappa shape index (κ3) is 2.07. The van der Waals surface area contributed by atoms with Gasteiger partial charge in [0.2, 0.25) is 0 Å². The van der Waals surface area contributed by atoms with Crippen molar-refractivity contribution in [2.75, 3.05) is 0 Å². The summed E-state index contributed by atoms with van der Waals surface area (Å²) >= 11 is 0. The van der Waals surface area contributed by atoms with E-state index in [0.29, 0.717) is 0 Å². The first-order valence-electron chi connectivity index (χ1n) is 3.71. The molecule has 0 aliphatic heterocycles. The Morgan fingerprint density at radius 2 is 1.78 bits per heavy atom. The van der Waals surface area contributed by atoms with E-state index < -0.39 is 0 Å². The Morgan fingerprint density at radius 1 is 1.22 bits per heavy atom. The van der Waals surface area contributed by atoms with Gasteiger partial charge >= 0.3 is 0 Å². The van der Waals surface area contributed by atoms with Crippen LogP contribution in [0.3, 0.4) is 0 Å². The lowest BCUT2D eigenvalue weighted by Crippen LogP contribution is -1.66. The first-order valence-corrected chi connectivity index (χ1v) is 3.71. The minimum Gasteiger partial charge on any atom is -0.123 e. The van der Waals surface area contributed by atoms with Crippen molar-refractivity contribution in [3.63, 3.8) is 0 Å². The Balaban J connectivity index is 2.70. The predicted octanol–water partition coefficient (Wildman–Crippen LogP) is 3.05. The van der Waals surface area contributed by atoms with Gasteiger partial charge in [-0.2, -0.15) is 0 Å². The van der Waals surface area contributed by atoms with E-state index in [9.17, 15) is 0 Å². The monoisotopic (exact) mass is 122 g/mol. The molecule has 0 bridgehead atoms. The van der Waals surface area contributed by atoms with Crippen LogP contribution in [-0.2, 0) is 0 Å². The van der Waals surface area contributed by atoms with Crippen molar-refractivity contribution in [1.82, 2.24) is 0 Å². The lowest BCUT2D eigenvalue weighted by atomic mass is 10.2. The minimum absolute atomic E-state index is 1.30. The molecule has 1 aliphatic carbocycles. The summed E-state index contributed by atoms with van der Waals surface area (Å²) in [5.41, 5.74) is 6.24. The molecule has 0 radical (unpaired) electrons. The van der Waals surface area contributed by atoms with Crippen molar-refractivity contribution in [2.24, 2.45) is 0 Å². The van der Waals surface area contributed by atoms with Gasteiger partial charge in [0.05, 0.1) is 0 Å². The van der Waals surface area contributed by atoms with Gasteiger partial charge in [0.25, 0.3) is 0 Å².